The van der Waals surface area contributed by atoms with E-state index in [-0.39, 0.29) is 18.6 Å². The molecule has 1 rings (SSSR count). The van der Waals surface area contributed by atoms with Gasteiger partial charge in [0.05, 0.1) is 6.42 Å². The number of carboxylic acids is 1. The Morgan fingerprint density at radius 3 is 2.47 bits per heavy atom. The van der Waals surface area contributed by atoms with Gasteiger partial charge >= 0.3 is 5.97 Å². The number of aliphatic carboxylic acids is 1. The number of aryl methyl sites for hydroxylation is 1. The number of carbonyl (C=O) groups excluding carboxylic acids is 1. The first-order valence-electron chi connectivity index (χ1n) is 4.51. The molecule has 0 atom stereocenters. The van der Waals surface area contributed by atoms with Crippen molar-refractivity contribution >= 4 is 27.7 Å². The number of Topliss-reactive ketones (excluding diaryl/α,β-unsaturated/α-hetero) is 1. The van der Waals surface area contributed by atoms with Crippen molar-refractivity contribution in [2.45, 2.75) is 19.8 Å². The van der Waals surface area contributed by atoms with Gasteiger partial charge in [-0.15, -0.1) is 0 Å². The van der Waals surface area contributed by atoms with Crippen molar-refractivity contribution < 1.29 is 14.7 Å². The van der Waals surface area contributed by atoms with Gasteiger partial charge in [-0.05, 0) is 30.7 Å². The first kappa shape index (κ1) is 11.9. The van der Waals surface area contributed by atoms with Crippen molar-refractivity contribution in [3.63, 3.8) is 0 Å². The van der Waals surface area contributed by atoms with E-state index in [2.05, 4.69) is 15.9 Å². The zero-order chi connectivity index (χ0) is 11.4. The third-order valence-corrected chi connectivity index (χ3v) is 2.39. The number of hydrogen-bond acceptors (Lipinski definition) is 2. The summed E-state index contributed by atoms with van der Waals surface area (Å²) in [4.78, 5) is 21.9. The van der Waals surface area contributed by atoms with Gasteiger partial charge in [0.2, 0.25) is 0 Å². The molecule has 0 fully saturated rings. The van der Waals surface area contributed by atoms with Gasteiger partial charge in [0.1, 0.15) is 0 Å². The summed E-state index contributed by atoms with van der Waals surface area (Å²) in [6, 6.07) is 5.36. The summed E-state index contributed by atoms with van der Waals surface area (Å²) in [6.45, 7) is 1.89. The second-order valence-electron chi connectivity index (χ2n) is 3.33. The summed E-state index contributed by atoms with van der Waals surface area (Å²) in [5.74, 6) is -1.09. The lowest BCUT2D eigenvalue weighted by molar-refractivity contribution is -0.136. The third kappa shape index (κ3) is 3.83. The van der Waals surface area contributed by atoms with Crippen molar-refractivity contribution in [1.29, 1.82) is 0 Å². The summed E-state index contributed by atoms with van der Waals surface area (Å²) in [5, 5.41) is 8.46. The fourth-order valence-electron chi connectivity index (χ4n) is 1.26. The van der Waals surface area contributed by atoms with Gasteiger partial charge in [0.25, 0.3) is 0 Å². The molecule has 0 aliphatic carbocycles. The molecule has 80 valence electrons. The minimum atomic E-state index is -0.949. The second-order valence-corrected chi connectivity index (χ2v) is 4.25. The molecule has 3 nitrogen and oxygen atoms in total. The monoisotopic (exact) mass is 270 g/mol. The maximum Gasteiger partial charge on any atom is 0.303 e. The Morgan fingerprint density at radius 1 is 1.27 bits per heavy atom. The van der Waals surface area contributed by atoms with Gasteiger partial charge in [0.15, 0.2) is 5.78 Å². The topological polar surface area (TPSA) is 54.4 Å². The third-order valence-electron chi connectivity index (χ3n) is 1.93. The number of carboxylic acid groups (broad SMARTS) is 1. The molecule has 0 bridgehead atoms. The van der Waals surface area contributed by atoms with Crippen LogP contribution in [0.2, 0.25) is 0 Å². The van der Waals surface area contributed by atoms with Crippen molar-refractivity contribution in [3.8, 4) is 0 Å². The maximum atomic E-state index is 11.6. The van der Waals surface area contributed by atoms with E-state index in [9.17, 15) is 9.59 Å². The molecule has 0 heterocycles. The zero-order valence-electron chi connectivity index (χ0n) is 8.29. The average molecular weight is 271 g/mol. The lowest BCUT2D eigenvalue weighted by Gasteiger charge is -2.02. The van der Waals surface area contributed by atoms with Crippen LogP contribution in [0.15, 0.2) is 22.7 Å². The Balaban J connectivity index is 2.77. The van der Waals surface area contributed by atoms with Crippen LogP contribution in [0.3, 0.4) is 0 Å². The minimum Gasteiger partial charge on any atom is -0.481 e. The Hall–Kier alpha value is -1.16. The molecule has 0 aromatic heterocycles. The summed E-state index contributed by atoms with van der Waals surface area (Å²) in [6.07, 6.45) is -0.0738. The molecule has 0 unspecified atom stereocenters. The molecule has 15 heavy (non-hydrogen) atoms. The van der Waals surface area contributed by atoms with E-state index in [1.165, 1.54) is 0 Å². The molecule has 4 heteroatoms. The highest BCUT2D eigenvalue weighted by molar-refractivity contribution is 9.10. The van der Waals surface area contributed by atoms with Crippen molar-refractivity contribution in [1.82, 2.24) is 0 Å². The van der Waals surface area contributed by atoms with E-state index in [1.807, 2.05) is 13.0 Å². The Kier molecular flexibility index (Phi) is 4.03. The van der Waals surface area contributed by atoms with Gasteiger partial charge < -0.3 is 5.11 Å². The zero-order valence-corrected chi connectivity index (χ0v) is 9.87. The first-order chi connectivity index (χ1) is 6.99. The average Bonchev–Trinajstić information content (AvgIpc) is 2.12. The van der Waals surface area contributed by atoms with E-state index in [1.54, 1.807) is 12.1 Å². The van der Waals surface area contributed by atoms with Crippen LogP contribution in [0.5, 0.6) is 0 Å². The number of rotatable bonds is 4. The summed E-state index contributed by atoms with van der Waals surface area (Å²) in [7, 11) is 0. The number of halogens is 1. The van der Waals surface area contributed by atoms with Crippen LogP contribution in [0.4, 0.5) is 0 Å². The predicted octanol–water partition coefficient (Wildman–Crippen LogP) is 2.81. The summed E-state index contributed by atoms with van der Waals surface area (Å²) < 4.78 is 0.834. The van der Waals surface area contributed by atoms with E-state index >= 15 is 0 Å². The molecule has 0 aliphatic heterocycles. The maximum absolute atomic E-state index is 11.6. The quantitative estimate of drug-likeness (QED) is 0.856. The van der Waals surface area contributed by atoms with E-state index < -0.39 is 5.97 Å². The standard InChI is InChI=1S/C11H11BrO3/c1-7-4-8(6-9(12)5-7)10(13)2-3-11(14)15/h4-6H,2-3H2,1H3,(H,14,15). The lowest BCUT2D eigenvalue weighted by atomic mass is 10.0. The fraction of sp³-hybridized carbons (Fsp3) is 0.273. The van der Waals surface area contributed by atoms with E-state index in [4.69, 9.17) is 5.11 Å². The molecule has 0 saturated carbocycles. The van der Waals surface area contributed by atoms with Crippen LogP contribution < -0.4 is 0 Å². The molecule has 1 aromatic rings. The van der Waals surface area contributed by atoms with Crippen LogP contribution in [0.1, 0.15) is 28.8 Å². The molecule has 0 radical (unpaired) electrons. The van der Waals surface area contributed by atoms with Gasteiger partial charge in [-0.1, -0.05) is 15.9 Å². The van der Waals surface area contributed by atoms with Crippen molar-refractivity contribution in [3.05, 3.63) is 33.8 Å². The van der Waals surface area contributed by atoms with Gasteiger partial charge in [0, 0.05) is 16.5 Å². The first-order valence-corrected chi connectivity index (χ1v) is 5.30. The van der Waals surface area contributed by atoms with Crippen molar-refractivity contribution in [2.24, 2.45) is 0 Å². The molecular weight excluding hydrogens is 260 g/mol. The van der Waals surface area contributed by atoms with Gasteiger partial charge in [-0.3, -0.25) is 9.59 Å². The number of benzene rings is 1. The lowest BCUT2D eigenvalue weighted by Crippen LogP contribution is -2.04. The van der Waals surface area contributed by atoms with Crippen LogP contribution in [0, 0.1) is 6.92 Å². The molecule has 1 aromatic carbocycles. The molecule has 0 spiro atoms. The largest absolute Gasteiger partial charge is 0.481 e. The molecule has 0 aliphatic rings. The molecule has 1 N–H and O–H groups in total. The van der Waals surface area contributed by atoms with Crippen LogP contribution >= 0.6 is 15.9 Å². The molecule has 0 saturated heterocycles. The summed E-state index contributed by atoms with van der Waals surface area (Å²) in [5.41, 5.74) is 1.53. The van der Waals surface area contributed by atoms with Crippen molar-refractivity contribution in [2.75, 3.05) is 0 Å². The summed E-state index contributed by atoms with van der Waals surface area (Å²) >= 11 is 3.29. The highest BCUT2D eigenvalue weighted by Crippen LogP contribution is 2.16. The van der Waals surface area contributed by atoms with Crippen LogP contribution in [0.25, 0.3) is 0 Å². The van der Waals surface area contributed by atoms with E-state index in [0.29, 0.717) is 5.56 Å². The second kappa shape index (κ2) is 5.07. The molecule has 0 amide bonds. The normalized spacial score (nSPS) is 10.0. The van der Waals surface area contributed by atoms with E-state index in [0.717, 1.165) is 10.0 Å². The van der Waals surface area contributed by atoms with Gasteiger partial charge in [-0.25, -0.2) is 0 Å². The fourth-order valence-corrected chi connectivity index (χ4v) is 1.87. The smallest absolute Gasteiger partial charge is 0.303 e. The Morgan fingerprint density at radius 2 is 1.93 bits per heavy atom. The minimum absolute atomic E-state index is 0.0469. The molecular formula is C11H11BrO3. The Bertz CT molecular complexity index is 379. The van der Waals surface area contributed by atoms with Gasteiger partial charge in [-0.2, -0.15) is 0 Å². The highest BCUT2D eigenvalue weighted by atomic mass is 79.9. The predicted molar refractivity (Wildman–Crippen MR) is 60.1 cm³/mol. The SMILES string of the molecule is Cc1cc(Br)cc(C(=O)CCC(=O)O)c1. The number of hydrogen-bond donors (Lipinski definition) is 1. The number of carbonyl (C=O) groups is 2. The Labute approximate surface area is 96.2 Å². The number of ketones is 1. The van der Waals surface area contributed by atoms with Crippen LogP contribution in [-0.4, -0.2) is 16.9 Å². The highest BCUT2D eigenvalue weighted by Gasteiger charge is 2.09. The van der Waals surface area contributed by atoms with Crippen LogP contribution in [-0.2, 0) is 4.79 Å².